The number of carbonyl (C=O) groups is 1. The van der Waals surface area contributed by atoms with Crippen LogP contribution < -0.4 is 5.43 Å². The van der Waals surface area contributed by atoms with E-state index < -0.39 is 5.97 Å². The molecule has 1 N–H and O–H groups in total. The van der Waals surface area contributed by atoms with Crippen molar-refractivity contribution in [2.45, 2.75) is 13.5 Å². The van der Waals surface area contributed by atoms with E-state index >= 15 is 0 Å². The van der Waals surface area contributed by atoms with E-state index in [2.05, 4.69) is 26.3 Å². The Morgan fingerprint density at radius 1 is 1.36 bits per heavy atom. The van der Waals surface area contributed by atoms with Crippen LogP contribution in [0, 0.1) is 18.3 Å². The zero-order valence-electron chi connectivity index (χ0n) is 14.2. The van der Waals surface area contributed by atoms with Gasteiger partial charge in [0, 0.05) is 18.4 Å². The van der Waals surface area contributed by atoms with E-state index in [0.717, 1.165) is 16.8 Å². The molecule has 128 valence electrons. The van der Waals surface area contributed by atoms with Gasteiger partial charge in [-0.3, -0.25) is 5.43 Å². The van der Waals surface area contributed by atoms with Crippen LogP contribution in [0.15, 0.2) is 35.4 Å². The lowest BCUT2D eigenvalue weighted by atomic mass is 10.1. The molecule has 2 rings (SSSR count). The molecule has 7 nitrogen and oxygen atoms in total. The fourth-order valence-corrected chi connectivity index (χ4v) is 2.21. The monoisotopic (exact) mass is 338 g/mol. The summed E-state index contributed by atoms with van der Waals surface area (Å²) in [6.45, 7) is 2.15. The number of nitriles is 1. The van der Waals surface area contributed by atoms with Gasteiger partial charge in [-0.25, -0.2) is 9.78 Å². The number of hydrogen-bond acceptors (Lipinski definition) is 7. The van der Waals surface area contributed by atoms with Crippen LogP contribution in [0.3, 0.4) is 0 Å². The van der Waals surface area contributed by atoms with Crippen molar-refractivity contribution >= 4 is 18.0 Å². The molecule has 0 aliphatic carbocycles. The lowest BCUT2D eigenvalue weighted by molar-refractivity contribution is 0.0600. The third-order valence-corrected chi connectivity index (χ3v) is 3.36. The molecule has 0 fully saturated rings. The second kappa shape index (κ2) is 8.57. The van der Waals surface area contributed by atoms with Gasteiger partial charge in [0.25, 0.3) is 0 Å². The van der Waals surface area contributed by atoms with E-state index in [4.69, 9.17) is 4.74 Å². The highest BCUT2D eigenvalue weighted by molar-refractivity contribution is 5.90. The molecule has 0 amide bonds. The number of ether oxygens (including phenoxy) is 2. The van der Waals surface area contributed by atoms with Gasteiger partial charge in [0.05, 0.1) is 25.5 Å². The fourth-order valence-electron chi connectivity index (χ4n) is 2.21. The van der Waals surface area contributed by atoms with Crippen molar-refractivity contribution < 1.29 is 14.3 Å². The number of pyridine rings is 1. The summed E-state index contributed by atoms with van der Waals surface area (Å²) in [5, 5.41) is 13.5. The average Bonchev–Trinajstić information content (AvgIpc) is 2.62. The second-order valence-electron chi connectivity index (χ2n) is 5.17. The first-order valence-corrected chi connectivity index (χ1v) is 7.46. The van der Waals surface area contributed by atoms with Crippen molar-refractivity contribution in [2.24, 2.45) is 5.10 Å². The van der Waals surface area contributed by atoms with Crippen LogP contribution in [0.2, 0.25) is 0 Å². The number of anilines is 1. The van der Waals surface area contributed by atoms with Gasteiger partial charge in [-0.1, -0.05) is 12.1 Å². The van der Waals surface area contributed by atoms with Gasteiger partial charge in [-0.2, -0.15) is 10.4 Å². The van der Waals surface area contributed by atoms with E-state index in [1.54, 1.807) is 37.6 Å². The Bertz CT molecular complexity index is 823. The predicted octanol–water partition coefficient (Wildman–Crippen LogP) is 2.64. The predicted molar refractivity (Wildman–Crippen MR) is 93.4 cm³/mol. The zero-order valence-corrected chi connectivity index (χ0v) is 14.2. The van der Waals surface area contributed by atoms with Crippen LogP contribution in [0.1, 0.15) is 32.7 Å². The van der Waals surface area contributed by atoms with Crippen LogP contribution >= 0.6 is 0 Å². The number of nitrogens with zero attached hydrogens (tertiary/aromatic N) is 3. The molecule has 0 radical (unpaired) electrons. The molecule has 0 atom stereocenters. The maximum absolute atomic E-state index is 11.4. The van der Waals surface area contributed by atoms with Crippen molar-refractivity contribution in [2.75, 3.05) is 19.6 Å². The third kappa shape index (κ3) is 4.62. The molecule has 25 heavy (non-hydrogen) atoms. The van der Waals surface area contributed by atoms with Crippen molar-refractivity contribution in [3.63, 3.8) is 0 Å². The van der Waals surface area contributed by atoms with Gasteiger partial charge in [0.1, 0.15) is 11.6 Å². The number of aryl methyl sites for hydroxylation is 1. The standard InChI is InChI=1S/C18H18N4O3/c1-12-8-15(11-24-2)16(9-19)17(21-12)22-20-10-13-4-6-14(7-5-13)18(23)25-3/h4-8,10H,11H2,1-3H3,(H,21,22). The molecule has 0 aliphatic rings. The SMILES string of the molecule is COCc1cc(C)nc(NN=Cc2ccc(C(=O)OC)cc2)c1C#N. The highest BCUT2D eigenvalue weighted by Gasteiger charge is 2.10. The summed E-state index contributed by atoms with van der Waals surface area (Å²) >= 11 is 0. The molecule has 0 bridgehead atoms. The normalized spacial score (nSPS) is 10.5. The molecule has 0 saturated carbocycles. The number of benzene rings is 1. The Balaban J connectivity index is 2.16. The van der Waals surface area contributed by atoms with Crippen LogP contribution in [0.4, 0.5) is 5.82 Å². The van der Waals surface area contributed by atoms with Crippen LogP contribution in [0.25, 0.3) is 0 Å². The summed E-state index contributed by atoms with van der Waals surface area (Å²) < 4.78 is 9.76. The summed E-state index contributed by atoms with van der Waals surface area (Å²) in [7, 11) is 2.90. The van der Waals surface area contributed by atoms with Crippen LogP contribution in [-0.4, -0.2) is 31.4 Å². The second-order valence-corrected chi connectivity index (χ2v) is 5.17. The summed E-state index contributed by atoms with van der Waals surface area (Å²) in [6, 6.07) is 10.7. The zero-order chi connectivity index (χ0) is 18.2. The molecule has 2 aromatic rings. The van der Waals surface area contributed by atoms with Gasteiger partial charge < -0.3 is 9.47 Å². The number of nitrogens with one attached hydrogen (secondary N) is 1. The average molecular weight is 338 g/mol. The van der Waals surface area contributed by atoms with Crippen molar-refractivity contribution in [3.8, 4) is 6.07 Å². The summed E-state index contributed by atoms with van der Waals surface area (Å²) in [5.74, 6) is -0.0214. The Hall–Kier alpha value is -3.24. The first-order chi connectivity index (χ1) is 12.1. The largest absolute Gasteiger partial charge is 0.465 e. The van der Waals surface area contributed by atoms with Gasteiger partial charge in [0.2, 0.25) is 0 Å². The number of esters is 1. The van der Waals surface area contributed by atoms with Crippen molar-refractivity contribution in [1.82, 2.24) is 4.98 Å². The lowest BCUT2D eigenvalue weighted by Gasteiger charge is -2.09. The Morgan fingerprint density at radius 2 is 2.08 bits per heavy atom. The van der Waals surface area contributed by atoms with Gasteiger partial charge >= 0.3 is 5.97 Å². The minimum Gasteiger partial charge on any atom is -0.465 e. The Kier molecular flexibility index (Phi) is 6.20. The molecule has 0 aliphatic heterocycles. The molecular weight excluding hydrogens is 320 g/mol. The minimum atomic E-state index is -0.394. The maximum atomic E-state index is 11.4. The third-order valence-electron chi connectivity index (χ3n) is 3.36. The van der Waals surface area contributed by atoms with Crippen LogP contribution in [-0.2, 0) is 16.1 Å². The molecule has 0 spiro atoms. The quantitative estimate of drug-likeness (QED) is 0.494. The number of hydrazone groups is 1. The van der Waals surface area contributed by atoms with E-state index in [1.807, 2.05) is 13.0 Å². The Morgan fingerprint density at radius 3 is 2.68 bits per heavy atom. The molecule has 1 aromatic carbocycles. The smallest absolute Gasteiger partial charge is 0.337 e. The van der Waals surface area contributed by atoms with Crippen molar-refractivity contribution in [3.05, 3.63) is 58.3 Å². The number of hydrogen-bond donors (Lipinski definition) is 1. The topological polar surface area (TPSA) is 96.6 Å². The molecular formula is C18H18N4O3. The maximum Gasteiger partial charge on any atom is 0.337 e. The molecule has 1 heterocycles. The Labute approximate surface area is 145 Å². The summed E-state index contributed by atoms with van der Waals surface area (Å²) in [5.41, 5.74) is 5.93. The van der Waals surface area contributed by atoms with Gasteiger partial charge in [0.15, 0.2) is 5.82 Å². The highest BCUT2D eigenvalue weighted by atomic mass is 16.5. The number of rotatable bonds is 6. The van der Waals surface area contributed by atoms with E-state index in [0.29, 0.717) is 23.6 Å². The number of aromatic nitrogens is 1. The molecule has 0 saturated heterocycles. The van der Waals surface area contributed by atoms with Gasteiger partial charge in [-0.05, 0) is 30.7 Å². The summed E-state index contributed by atoms with van der Waals surface area (Å²) in [6.07, 6.45) is 1.57. The first-order valence-electron chi connectivity index (χ1n) is 7.46. The van der Waals surface area contributed by atoms with E-state index in [1.165, 1.54) is 7.11 Å². The van der Waals surface area contributed by atoms with Gasteiger partial charge in [-0.15, -0.1) is 0 Å². The molecule has 1 aromatic heterocycles. The first kappa shape index (κ1) is 18.1. The fraction of sp³-hybridized carbons (Fsp3) is 0.222. The highest BCUT2D eigenvalue weighted by Crippen LogP contribution is 2.19. The molecule has 7 heteroatoms. The lowest BCUT2D eigenvalue weighted by Crippen LogP contribution is -2.03. The van der Waals surface area contributed by atoms with Crippen LogP contribution in [0.5, 0.6) is 0 Å². The van der Waals surface area contributed by atoms with E-state index in [9.17, 15) is 10.1 Å². The summed E-state index contributed by atoms with van der Waals surface area (Å²) in [4.78, 5) is 15.7. The molecule has 0 unspecified atom stereocenters. The minimum absolute atomic E-state index is 0.319. The number of methoxy groups -OCH3 is 2. The van der Waals surface area contributed by atoms with Crippen molar-refractivity contribution in [1.29, 1.82) is 5.26 Å². The van der Waals surface area contributed by atoms with E-state index in [-0.39, 0.29) is 0 Å². The number of carbonyl (C=O) groups excluding carboxylic acids is 1.